The number of thiazole rings is 1. The van der Waals surface area contributed by atoms with Gasteiger partial charge in [-0.05, 0) is 43.0 Å². The van der Waals surface area contributed by atoms with E-state index in [2.05, 4.69) is 27.1 Å². The number of amides is 1. The predicted molar refractivity (Wildman–Crippen MR) is 117 cm³/mol. The van der Waals surface area contributed by atoms with E-state index in [1.165, 1.54) is 30.9 Å². The number of fused-ring (bicyclic) bond motifs is 1. The molecule has 4 rings (SSSR count). The first-order valence-electron chi connectivity index (χ1n) is 9.13. The molecule has 6 nitrogen and oxygen atoms in total. The first-order valence-corrected chi connectivity index (χ1v) is 11.3. The maximum absolute atomic E-state index is 12.3. The van der Waals surface area contributed by atoms with Crippen molar-refractivity contribution < 1.29 is 4.79 Å². The van der Waals surface area contributed by atoms with Crippen LogP contribution >= 0.6 is 34.7 Å². The lowest BCUT2D eigenvalue weighted by Gasteiger charge is -2.30. The molecule has 1 N–H and O–H groups in total. The number of aromatic nitrogens is 3. The molecule has 1 atom stereocenters. The highest BCUT2D eigenvalue weighted by Gasteiger charge is 2.21. The van der Waals surface area contributed by atoms with E-state index >= 15 is 0 Å². The summed E-state index contributed by atoms with van der Waals surface area (Å²) in [6, 6.07) is 7.06. The number of hydrogen-bond donors (Lipinski definition) is 1. The largest absolute Gasteiger partial charge is 0.348 e. The minimum Gasteiger partial charge on any atom is -0.348 e. The molecule has 1 aliphatic rings. The second-order valence-corrected chi connectivity index (χ2v) is 9.24. The van der Waals surface area contributed by atoms with E-state index < -0.39 is 0 Å². The highest BCUT2D eigenvalue weighted by atomic mass is 35.5. The second kappa shape index (κ2) is 8.63. The minimum atomic E-state index is -0.0892. The third-order valence-electron chi connectivity index (χ3n) is 4.54. The molecule has 3 aromatic rings. The zero-order chi connectivity index (χ0) is 19.5. The summed E-state index contributed by atoms with van der Waals surface area (Å²) in [6.45, 7) is 4.34. The Morgan fingerprint density at radius 3 is 2.96 bits per heavy atom. The smallest absolute Gasteiger partial charge is 0.234 e. The molecular formula is C19H20ClN5OS2. The number of carbonyl (C=O) groups is 1. The molecule has 0 saturated carbocycles. The topological polar surface area (TPSA) is 71.0 Å². The van der Waals surface area contributed by atoms with Crippen molar-refractivity contribution in [3.8, 4) is 0 Å². The van der Waals surface area contributed by atoms with Crippen molar-refractivity contribution in [1.29, 1.82) is 0 Å². The number of nitrogens with zero attached hydrogens (tertiary/aromatic N) is 4. The van der Waals surface area contributed by atoms with Gasteiger partial charge in [-0.1, -0.05) is 41.6 Å². The summed E-state index contributed by atoms with van der Waals surface area (Å²) >= 11 is 8.89. The van der Waals surface area contributed by atoms with Crippen molar-refractivity contribution in [2.75, 3.05) is 29.1 Å². The van der Waals surface area contributed by atoms with E-state index in [1.54, 1.807) is 35.6 Å². The molecular weight excluding hydrogens is 414 g/mol. The molecule has 1 amide bonds. The number of piperidine rings is 1. The fourth-order valence-electron chi connectivity index (χ4n) is 3.19. The molecule has 0 aliphatic carbocycles. The van der Waals surface area contributed by atoms with E-state index in [-0.39, 0.29) is 11.7 Å². The van der Waals surface area contributed by atoms with Gasteiger partial charge in [-0.3, -0.25) is 4.79 Å². The van der Waals surface area contributed by atoms with Crippen LogP contribution in [0.5, 0.6) is 0 Å². The van der Waals surface area contributed by atoms with Crippen LogP contribution in [0.4, 0.5) is 10.8 Å². The van der Waals surface area contributed by atoms with Crippen LogP contribution in [-0.2, 0) is 4.79 Å². The standard InChI is InChI=1S/C19H20ClN5OS2/c1-12-3-2-8-25(9-12)19-24-17-16(28-19)18(22-11-21-17)27-10-15(26)23-14-6-4-13(20)5-7-14/h4-7,11-12H,2-3,8-10H2,1H3,(H,23,26)/t12-/m1/s1. The number of anilines is 2. The molecule has 0 bridgehead atoms. The van der Waals surface area contributed by atoms with Crippen LogP contribution in [0.2, 0.25) is 5.02 Å². The van der Waals surface area contributed by atoms with Gasteiger partial charge in [-0.2, -0.15) is 4.98 Å². The van der Waals surface area contributed by atoms with Gasteiger partial charge in [-0.15, -0.1) is 0 Å². The molecule has 1 saturated heterocycles. The molecule has 1 fully saturated rings. The maximum atomic E-state index is 12.3. The molecule has 3 heterocycles. The number of carbonyl (C=O) groups excluding carboxylic acids is 1. The van der Waals surface area contributed by atoms with Crippen LogP contribution in [0.25, 0.3) is 10.3 Å². The number of nitrogens with one attached hydrogen (secondary N) is 1. The van der Waals surface area contributed by atoms with Crippen LogP contribution in [-0.4, -0.2) is 39.7 Å². The lowest BCUT2D eigenvalue weighted by atomic mass is 10.0. The normalized spacial score (nSPS) is 17.1. The van der Waals surface area contributed by atoms with Crippen molar-refractivity contribution in [1.82, 2.24) is 15.0 Å². The second-order valence-electron chi connectivity index (χ2n) is 6.87. The Labute approximate surface area is 176 Å². The first-order chi connectivity index (χ1) is 13.6. The Balaban J connectivity index is 1.44. The quantitative estimate of drug-likeness (QED) is 0.464. The van der Waals surface area contributed by atoms with Gasteiger partial charge < -0.3 is 10.2 Å². The molecule has 9 heteroatoms. The Hall–Kier alpha value is -1.90. The van der Waals surface area contributed by atoms with Gasteiger partial charge in [0.05, 0.1) is 5.75 Å². The van der Waals surface area contributed by atoms with Crippen LogP contribution in [0.3, 0.4) is 0 Å². The number of halogens is 1. The molecule has 28 heavy (non-hydrogen) atoms. The highest BCUT2D eigenvalue weighted by molar-refractivity contribution is 8.00. The molecule has 2 aromatic heterocycles. The van der Waals surface area contributed by atoms with Gasteiger partial charge in [0.25, 0.3) is 0 Å². The Kier molecular flexibility index (Phi) is 5.99. The molecule has 0 spiro atoms. The summed E-state index contributed by atoms with van der Waals surface area (Å²) in [7, 11) is 0. The van der Waals surface area contributed by atoms with Gasteiger partial charge in [0, 0.05) is 23.8 Å². The summed E-state index contributed by atoms with van der Waals surface area (Å²) < 4.78 is 0.944. The lowest BCUT2D eigenvalue weighted by Crippen LogP contribution is -2.34. The van der Waals surface area contributed by atoms with Gasteiger partial charge in [0.15, 0.2) is 10.8 Å². The van der Waals surface area contributed by atoms with Gasteiger partial charge in [0.1, 0.15) is 16.1 Å². The SMILES string of the molecule is C[C@@H]1CCCN(c2nc3ncnc(SCC(=O)Nc4ccc(Cl)cc4)c3s2)C1. The van der Waals surface area contributed by atoms with Gasteiger partial charge >= 0.3 is 0 Å². The summed E-state index contributed by atoms with van der Waals surface area (Å²) in [5.41, 5.74) is 1.43. The average Bonchev–Trinajstić information content (AvgIpc) is 3.13. The van der Waals surface area contributed by atoms with Gasteiger partial charge in [-0.25, -0.2) is 9.97 Å². The number of rotatable bonds is 5. The van der Waals surface area contributed by atoms with Crippen molar-refractivity contribution in [3.63, 3.8) is 0 Å². The molecule has 0 unspecified atom stereocenters. The average molecular weight is 434 g/mol. The maximum Gasteiger partial charge on any atom is 0.234 e. The van der Waals surface area contributed by atoms with Crippen molar-refractivity contribution >= 4 is 61.8 Å². The number of thioether (sulfide) groups is 1. The zero-order valence-corrected chi connectivity index (χ0v) is 17.8. The van der Waals surface area contributed by atoms with Crippen LogP contribution in [0.1, 0.15) is 19.8 Å². The fraction of sp³-hybridized carbons (Fsp3) is 0.368. The zero-order valence-electron chi connectivity index (χ0n) is 15.4. The Morgan fingerprint density at radius 1 is 1.36 bits per heavy atom. The minimum absolute atomic E-state index is 0.0892. The van der Waals surface area contributed by atoms with Crippen LogP contribution in [0.15, 0.2) is 35.6 Å². The Bertz CT molecular complexity index is 978. The third-order valence-corrected chi connectivity index (χ3v) is 7.03. The molecule has 146 valence electrons. The predicted octanol–water partition coefficient (Wildman–Crippen LogP) is 4.71. The summed E-state index contributed by atoms with van der Waals surface area (Å²) in [4.78, 5) is 28.0. The molecule has 1 aromatic carbocycles. The van der Waals surface area contributed by atoms with E-state index in [0.29, 0.717) is 16.6 Å². The van der Waals surface area contributed by atoms with Crippen LogP contribution < -0.4 is 10.2 Å². The number of hydrogen-bond acceptors (Lipinski definition) is 7. The van der Waals surface area contributed by atoms with E-state index in [4.69, 9.17) is 16.6 Å². The fourth-order valence-corrected chi connectivity index (χ4v) is 5.24. The van der Waals surface area contributed by atoms with Crippen molar-refractivity contribution in [3.05, 3.63) is 35.6 Å². The summed E-state index contributed by atoms with van der Waals surface area (Å²) in [5, 5.41) is 5.30. The van der Waals surface area contributed by atoms with E-state index in [0.717, 1.165) is 33.6 Å². The molecule has 0 radical (unpaired) electrons. The third kappa shape index (κ3) is 4.56. The van der Waals surface area contributed by atoms with Gasteiger partial charge in [0.2, 0.25) is 5.91 Å². The van der Waals surface area contributed by atoms with Crippen molar-refractivity contribution in [2.45, 2.75) is 24.8 Å². The van der Waals surface area contributed by atoms with E-state index in [1.807, 2.05) is 0 Å². The summed E-state index contributed by atoms with van der Waals surface area (Å²) in [6.07, 6.45) is 3.98. The van der Waals surface area contributed by atoms with E-state index in [9.17, 15) is 4.79 Å². The van der Waals surface area contributed by atoms with Crippen LogP contribution in [0, 0.1) is 5.92 Å². The van der Waals surface area contributed by atoms with Crippen molar-refractivity contribution in [2.24, 2.45) is 5.92 Å². The highest BCUT2D eigenvalue weighted by Crippen LogP contribution is 2.35. The Morgan fingerprint density at radius 2 is 2.18 bits per heavy atom. The monoisotopic (exact) mass is 433 g/mol. The first kappa shape index (κ1) is 19.4. The lowest BCUT2D eigenvalue weighted by molar-refractivity contribution is -0.113. The molecule has 1 aliphatic heterocycles. The number of benzene rings is 1. The summed E-state index contributed by atoms with van der Waals surface area (Å²) in [5.74, 6) is 0.855.